The maximum atomic E-state index is 13.4. The first-order valence-electron chi connectivity index (χ1n) is 11.6. The molecule has 3 aromatic carbocycles. The number of anilines is 1. The molecule has 0 N–H and O–H groups in total. The number of nitrogens with zero attached hydrogens (tertiary/aromatic N) is 4. The molecule has 36 heavy (non-hydrogen) atoms. The summed E-state index contributed by atoms with van der Waals surface area (Å²) in [6.07, 6.45) is 0.159. The van der Waals surface area contributed by atoms with E-state index in [0.717, 1.165) is 30.4 Å². The molecule has 0 saturated carbocycles. The van der Waals surface area contributed by atoms with Crippen molar-refractivity contribution in [2.75, 3.05) is 18.0 Å². The van der Waals surface area contributed by atoms with Crippen molar-refractivity contribution in [3.05, 3.63) is 102 Å². The third-order valence-corrected chi connectivity index (χ3v) is 5.85. The van der Waals surface area contributed by atoms with Crippen LogP contribution in [0.1, 0.15) is 35.3 Å². The zero-order chi connectivity index (χ0) is 25.7. The number of ketones is 1. The molecule has 4 rings (SSSR count). The summed E-state index contributed by atoms with van der Waals surface area (Å²) in [5, 5.41) is 7.91. The first kappa shape index (κ1) is 24.9. The van der Waals surface area contributed by atoms with E-state index < -0.39 is 11.7 Å². The van der Waals surface area contributed by atoms with Gasteiger partial charge < -0.3 is 4.90 Å². The number of rotatable bonds is 8. The van der Waals surface area contributed by atoms with Gasteiger partial charge in [-0.05, 0) is 55.8 Å². The summed E-state index contributed by atoms with van der Waals surface area (Å²) < 4.78 is 41.5. The van der Waals surface area contributed by atoms with Crippen LogP contribution in [-0.2, 0) is 6.18 Å². The van der Waals surface area contributed by atoms with Crippen molar-refractivity contribution >= 4 is 17.5 Å². The highest BCUT2D eigenvalue weighted by Crippen LogP contribution is 2.36. The smallest absolute Gasteiger partial charge is 0.372 e. The molecule has 0 aliphatic carbocycles. The van der Waals surface area contributed by atoms with Crippen LogP contribution < -0.4 is 4.90 Å². The van der Waals surface area contributed by atoms with Crippen molar-refractivity contribution in [2.24, 2.45) is 0 Å². The fourth-order valence-electron chi connectivity index (χ4n) is 3.92. The Bertz CT molecular complexity index is 1370. The third kappa shape index (κ3) is 5.54. The van der Waals surface area contributed by atoms with Gasteiger partial charge in [0.25, 0.3) is 0 Å². The van der Waals surface area contributed by atoms with E-state index in [2.05, 4.69) is 29.1 Å². The summed E-state index contributed by atoms with van der Waals surface area (Å²) in [7, 11) is 0. The summed E-state index contributed by atoms with van der Waals surface area (Å²) in [6, 6.07) is 19.9. The summed E-state index contributed by atoms with van der Waals surface area (Å²) in [5.41, 5.74) is 2.22. The average molecular weight is 491 g/mol. The van der Waals surface area contributed by atoms with E-state index in [0.29, 0.717) is 11.3 Å². The molecule has 0 aliphatic rings. The highest BCUT2D eigenvalue weighted by molar-refractivity contribution is 6.07. The Morgan fingerprint density at radius 1 is 0.972 bits per heavy atom. The first-order valence-corrected chi connectivity index (χ1v) is 11.6. The quantitative estimate of drug-likeness (QED) is 0.204. The molecule has 1 heterocycles. The Morgan fingerprint density at radius 2 is 1.69 bits per heavy atom. The van der Waals surface area contributed by atoms with Gasteiger partial charge in [0.2, 0.25) is 0 Å². The van der Waals surface area contributed by atoms with Crippen LogP contribution in [0.15, 0.2) is 85.1 Å². The molecule has 0 atom stereocenters. The predicted octanol–water partition coefficient (Wildman–Crippen LogP) is 6.70. The number of benzene rings is 3. The van der Waals surface area contributed by atoms with Gasteiger partial charge in [-0.2, -0.15) is 13.2 Å². The van der Waals surface area contributed by atoms with Crippen molar-refractivity contribution in [3.8, 4) is 16.9 Å². The Kier molecular flexibility index (Phi) is 7.33. The number of allylic oxidation sites excluding steroid dienone is 1. The van der Waals surface area contributed by atoms with Crippen molar-refractivity contribution in [1.29, 1.82) is 0 Å². The van der Waals surface area contributed by atoms with Crippen molar-refractivity contribution < 1.29 is 18.0 Å². The Hall–Kier alpha value is -4.20. The molecule has 4 aromatic rings. The van der Waals surface area contributed by atoms with Gasteiger partial charge in [-0.3, -0.25) is 4.79 Å². The number of carbonyl (C=O) groups excluding carboxylic acids is 1. The number of aromatic nitrogens is 3. The van der Waals surface area contributed by atoms with Gasteiger partial charge in [0, 0.05) is 29.9 Å². The highest BCUT2D eigenvalue weighted by atomic mass is 19.4. The van der Waals surface area contributed by atoms with Crippen molar-refractivity contribution in [2.45, 2.75) is 20.0 Å². The average Bonchev–Trinajstić information content (AvgIpc) is 3.39. The van der Waals surface area contributed by atoms with Gasteiger partial charge in [0.15, 0.2) is 5.78 Å². The number of alkyl halides is 3. The second kappa shape index (κ2) is 10.6. The molecule has 0 spiro atoms. The molecule has 0 fully saturated rings. The van der Waals surface area contributed by atoms with E-state index in [1.807, 2.05) is 24.3 Å². The number of carbonyl (C=O) groups is 1. The van der Waals surface area contributed by atoms with Crippen LogP contribution in [0.3, 0.4) is 0 Å². The van der Waals surface area contributed by atoms with Crippen molar-refractivity contribution in [1.82, 2.24) is 15.0 Å². The maximum Gasteiger partial charge on any atom is 0.417 e. The van der Waals surface area contributed by atoms with E-state index in [-0.39, 0.29) is 17.0 Å². The van der Waals surface area contributed by atoms with Crippen LogP contribution >= 0.6 is 0 Å². The van der Waals surface area contributed by atoms with Crippen LogP contribution in [0.5, 0.6) is 0 Å². The second-order valence-electron chi connectivity index (χ2n) is 8.10. The molecular formula is C28H25F3N4O. The predicted molar refractivity (Wildman–Crippen MR) is 135 cm³/mol. The molecule has 1 aromatic heterocycles. The lowest BCUT2D eigenvalue weighted by Gasteiger charge is -2.20. The Labute approximate surface area is 207 Å². The van der Waals surface area contributed by atoms with E-state index in [9.17, 15) is 18.0 Å². The summed E-state index contributed by atoms with van der Waals surface area (Å²) in [6.45, 7) is 6.04. The molecule has 0 unspecified atom stereocenters. The minimum Gasteiger partial charge on any atom is -0.372 e. The highest BCUT2D eigenvalue weighted by Gasteiger charge is 2.34. The second-order valence-corrected chi connectivity index (χ2v) is 8.10. The third-order valence-electron chi connectivity index (χ3n) is 5.85. The lowest BCUT2D eigenvalue weighted by molar-refractivity contribution is -0.137. The van der Waals surface area contributed by atoms with Crippen LogP contribution in [-0.4, -0.2) is 33.9 Å². The monoisotopic (exact) mass is 490 g/mol. The number of hydrogen-bond acceptors (Lipinski definition) is 4. The molecular weight excluding hydrogens is 465 g/mol. The zero-order valence-electron chi connectivity index (χ0n) is 19.9. The summed E-state index contributed by atoms with van der Waals surface area (Å²) >= 11 is 0. The summed E-state index contributed by atoms with van der Waals surface area (Å²) in [5.74, 6) is -0.201. The number of halogens is 3. The molecule has 0 aliphatic heterocycles. The van der Waals surface area contributed by atoms with E-state index >= 15 is 0 Å². The van der Waals surface area contributed by atoms with Gasteiger partial charge >= 0.3 is 6.18 Å². The minimum absolute atomic E-state index is 0.0570. The van der Waals surface area contributed by atoms with E-state index in [1.54, 1.807) is 30.3 Å². The van der Waals surface area contributed by atoms with Gasteiger partial charge in [-0.15, -0.1) is 5.10 Å². The van der Waals surface area contributed by atoms with Gasteiger partial charge in [-0.1, -0.05) is 53.8 Å². The minimum atomic E-state index is -4.51. The molecule has 0 saturated heterocycles. The topological polar surface area (TPSA) is 51.0 Å². The molecule has 0 amide bonds. The number of hydrogen-bond donors (Lipinski definition) is 0. The summed E-state index contributed by atoms with van der Waals surface area (Å²) in [4.78, 5) is 15.0. The molecule has 184 valence electrons. The normalized spacial score (nSPS) is 11.7. The Balaban J connectivity index is 1.53. The van der Waals surface area contributed by atoms with E-state index in [4.69, 9.17) is 0 Å². The molecule has 0 radical (unpaired) electrons. The zero-order valence-corrected chi connectivity index (χ0v) is 19.9. The fourth-order valence-corrected chi connectivity index (χ4v) is 3.92. The molecule has 5 nitrogen and oxygen atoms in total. The molecule has 0 bridgehead atoms. The molecule has 8 heteroatoms. The van der Waals surface area contributed by atoms with Crippen LogP contribution in [0, 0.1) is 0 Å². The maximum absolute atomic E-state index is 13.4. The van der Waals surface area contributed by atoms with Gasteiger partial charge in [0.05, 0.1) is 17.4 Å². The fraction of sp³-hybridized carbons (Fsp3) is 0.179. The van der Waals surface area contributed by atoms with E-state index in [1.165, 1.54) is 35.2 Å². The van der Waals surface area contributed by atoms with Gasteiger partial charge in [0.1, 0.15) is 5.69 Å². The van der Waals surface area contributed by atoms with Crippen LogP contribution in [0.4, 0.5) is 18.9 Å². The first-order chi connectivity index (χ1) is 17.3. The lowest BCUT2D eigenvalue weighted by atomic mass is 10.0. The van der Waals surface area contributed by atoms with Crippen LogP contribution in [0.25, 0.3) is 23.0 Å². The Morgan fingerprint density at radius 3 is 2.39 bits per heavy atom. The SMILES string of the molecule is CCN(CC)c1ccc(/C=C/C(=O)c2cccc(-n3cc(-c4ccccc4C(F)(F)F)nn3)c2)cc1. The lowest BCUT2D eigenvalue weighted by Crippen LogP contribution is -2.21. The van der Waals surface area contributed by atoms with Crippen molar-refractivity contribution in [3.63, 3.8) is 0 Å². The van der Waals surface area contributed by atoms with Gasteiger partial charge in [-0.25, -0.2) is 4.68 Å². The van der Waals surface area contributed by atoms with Crippen LogP contribution in [0.2, 0.25) is 0 Å². The largest absolute Gasteiger partial charge is 0.417 e. The standard InChI is InChI=1S/C28H25F3N4O/c1-3-34(4-2)22-15-12-20(13-16-22)14-17-27(36)21-8-7-9-23(18-21)35-19-26(32-33-35)24-10-5-6-11-25(24)28(29,30)31/h5-19H,3-4H2,1-2H3/b17-14+.